The smallest absolute Gasteiger partial charge is 0.135 e. The molecule has 0 spiro atoms. The molecule has 9 aromatic rings. The summed E-state index contributed by atoms with van der Waals surface area (Å²) in [5.74, 6) is 0. The summed E-state index contributed by atoms with van der Waals surface area (Å²) in [6.45, 7) is 0. The van der Waals surface area contributed by atoms with Crippen molar-refractivity contribution in [1.29, 1.82) is 0 Å². The number of fused-ring (bicyclic) bond motifs is 8. The Bertz CT molecular complexity index is 2680. The Balaban J connectivity index is 1.24. The van der Waals surface area contributed by atoms with Crippen LogP contribution in [0.2, 0.25) is 0 Å². The third kappa shape index (κ3) is 4.03. The summed E-state index contributed by atoms with van der Waals surface area (Å²) >= 11 is 0. The van der Waals surface area contributed by atoms with Crippen molar-refractivity contribution >= 4 is 60.3 Å². The molecule has 8 aromatic carbocycles. The molecule has 0 bridgehead atoms. The zero-order valence-corrected chi connectivity index (χ0v) is 25.8. The summed E-state index contributed by atoms with van der Waals surface area (Å²) < 4.78 is 6.41. The molecular weight excluding hydrogens is 569 g/mol. The average Bonchev–Trinajstić information content (AvgIpc) is 3.52. The van der Waals surface area contributed by atoms with E-state index in [1.54, 1.807) is 0 Å². The molecule has 1 nitrogen and oxygen atoms in total. The van der Waals surface area contributed by atoms with Crippen molar-refractivity contribution in [2.24, 2.45) is 0 Å². The molecule has 0 aliphatic heterocycles. The lowest BCUT2D eigenvalue weighted by Crippen LogP contribution is -1.94. The van der Waals surface area contributed by atoms with Crippen LogP contribution in [0.1, 0.15) is 17.5 Å². The van der Waals surface area contributed by atoms with Crippen molar-refractivity contribution in [1.82, 2.24) is 0 Å². The zero-order chi connectivity index (χ0) is 30.9. The van der Waals surface area contributed by atoms with Gasteiger partial charge in [-0.05, 0) is 114 Å². The highest BCUT2D eigenvalue weighted by atomic mass is 16.3. The van der Waals surface area contributed by atoms with E-state index in [0.717, 1.165) is 24.0 Å². The summed E-state index contributed by atoms with van der Waals surface area (Å²) in [5, 5.41) is 10.0. The normalized spacial score (nSPS) is 12.9. The second-order valence-electron chi connectivity index (χ2n) is 12.7. The molecule has 1 aromatic heterocycles. The van der Waals surface area contributed by atoms with Crippen LogP contribution in [0.4, 0.5) is 0 Å². The number of aryl methyl sites for hydroxylation is 1. The van der Waals surface area contributed by atoms with Gasteiger partial charge in [0.05, 0.1) is 0 Å². The third-order valence-corrected chi connectivity index (χ3v) is 10.1. The van der Waals surface area contributed by atoms with Crippen molar-refractivity contribution in [3.8, 4) is 33.4 Å². The van der Waals surface area contributed by atoms with Gasteiger partial charge >= 0.3 is 0 Å². The van der Waals surface area contributed by atoms with Crippen LogP contribution in [-0.2, 0) is 6.42 Å². The number of hydrogen-bond donors (Lipinski definition) is 0. The molecule has 0 N–H and O–H groups in total. The lowest BCUT2D eigenvalue weighted by molar-refractivity contribution is 0.668. The van der Waals surface area contributed by atoms with Gasteiger partial charge in [-0.2, -0.15) is 0 Å². The van der Waals surface area contributed by atoms with Crippen LogP contribution in [0.15, 0.2) is 156 Å². The topological polar surface area (TPSA) is 13.1 Å². The molecule has 220 valence electrons. The van der Waals surface area contributed by atoms with E-state index in [-0.39, 0.29) is 0 Å². The Hall–Kier alpha value is -5.92. The van der Waals surface area contributed by atoms with E-state index in [9.17, 15) is 0 Å². The standard InChI is InChI=1S/C46H30O/c1-3-16-34-29(11-1)13-10-22-35(34)31-14-9-15-32(27-31)44-37-18-5-7-20-39(37)45(40-21-8-6-19-38(40)44)33-24-25-42-41(28-33)46-36-17-4-2-12-30(36)23-26-43(46)47-42/h1-3,5-16,18-28H,4,17H2. The van der Waals surface area contributed by atoms with Gasteiger partial charge in [0, 0.05) is 10.8 Å². The monoisotopic (exact) mass is 598 g/mol. The van der Waals surface area contributed by atoms with Gasteiger partial charge in [-0.25, -0.2) is 0 Å². The van der Waals surface area contributed by atoms with E-state index in [4.69, 9.17) is 4.42 Å². The predicted molar refractivity (Wildman–Crippen MR) is 200 cm³/mol. The van der Waals surface area contributed by atoms with Gasteiger partial charge < -0.3 is 4.42 Å². The summed E-state index contributed by atoms with van der Waals surface area (Å²) in [5.41, 5.74) is 12.1. The van der Waals surface area contributed by atoms with E-state index >= 15 is 0 Å². The zero-order valence-electron chi connectivity index (χ0n) is 25.8. The van der Waals surface area contributed by atoms with Crippen LogP contribution >= 0.6 is 0 Å². The van der Waals surface area contributed by atoms with Crippen LogP contribution in [0.5, 0.6) is 0 Å². The molecule has 1 heterocycles. The van der Waals surface area contributed by atoms with Crippen LogP contribution in [0.3, 0.4) is 0 Å². The molecule has 0 fully saturated rings. The minimum Gasteiger partial charge on any atom is -0.456 e. The van der Waals surface area contributed by atoms with E-state index in [2.05, 4.69) is 158 Å². The van der Waals surface area contributed by atoms with E-state index in [1.165, 1.54) is 87.6 Å². The molecule has 1 aliphatic carbocycles. The van der Waals surface area contributed by atoms with Gasteiger partial charge in [0.1, 0.15) is 11.2 Å². The number of rotatable bonds is 3. The minimum absolute atomic E-state index is 0.946. The molecule has 0 unspecified atom stereocenters. The third-order valence-electron chi connectivity index (χ3n) is 10.1. The maximum Gasteiger partial charge on any atom is 0.135 e. The van der Waals surface area contributed by atoms with Crippen LogP contribution in [-0.4, -0.2) is 0 Å². The Labute approximate surface area is 273 Å². The molecule has 10 rings (SSSR count). The summed E-state index contributed by atoms with van der Waals surface area (Å²) in [6, 6.07) is 53.3. The van der Waals surface area contributed by atoms with Gasteiger partial charge in [-0.3, -0.25) is 0 Å². The lowest BCUT2D eigenvalue weighted by Gasteiger charge is -2.18. The van der Waals surface area contributed by atoms with E-state index < -0.39 is 0 Å². The Morgan fingerprint density at radius 1 is 0.447 bits per heavy atom. The number of hydrogen-bond acceptors (Lipinski definition) is 1. The fourth-order valence-electron chi connectivity index (χ4n) is 8.04. The summed E-state index contributed by atoms with van der Waals surface area (Å²) in [7, 11) is 0. The highest BCUT2D eigenvalue weighted by Crippen LogP contribution is 2.46. The highest BCUT2D eigenvalue weighted by molar-refractivity contribution is 6.22. The maximum absolute atomic E-state index is 6.41. The summed E-state index contributed by atoms with van der Waals surface area (Å²) in [4.78, 5) is 0. The van der Waals surface area contributed by atoms with E-state index in [0.29, 0.717) is 0 Å². The fraction of sp³-hybridized carbons (Fsp3) is 0.0435. The SMILES string of the molecule is C1=Cc2ccc3oc4ccc(-c5c6ccccc6c(-c6cccc(-c7cccc8ccccc78)c6)c6ccccc56)cc4c3c2CC1. The van der Waals surface area contributed by atoms with Crippen LogP contribution in [0, 0.1) is 0 Å². The molecule has 1 heteroatoms. The molecule has 0 saturated carbocycles. The van der Waals surface area contributed by atoms with Crippen molar-refractivity contribution in [2.75, 3.05) is 0 Å². The van der Waals surface area contributed by atoms with Crippen LogP contribution < -0.4 is 0 Å². The molecule has 1 aliphatic rings. The molecule has 0 saturated heterocycles. The van der Waals surface area contributed by atoms with Crippen molar-refractivity contribution in [2.45, 2.75) is 12.8 Å². The maximum atomic E-state index is 6.41. The number of benzene rings is 8. The molecular formula is C46H30O. The second kappa shape index (κ2) is 10.3. The highest BCUT2D eigenvalue weighted by Gasteiger charge is 2.20. The van der Waals surface area contributed by atoms with E-state index in [1.807, 2.05) is 0 Å². The second-order valence-corrected chi connectivity index (χ2v) is 12.7. The number of furan rings is 1. The van der Waals surface area contributed by atoms with Gasteiger partial charge in [-0.1, -0.05) is 133 Å². The quantitative estimate of drug-likeness (QED) is 0.184. The van der Waals surface area contributed by atoms with Crippen molar-refractivity contribution < 1.29 is 4.42 Å². The fourth-order valence-corrected chi connectivity index (χ4v) is 8.04. The molecule has 0 atom stereocenters. The van der Waals surface area contributed by atoms with Crippen molar-refractivity contribution in [3.63, 3.8) is 0 Å². The Kier molecular flexibility index (Phi) is 5.77. The number of allylic oxidation sites excluding steroid dienone is 1. The molecule has 0 radical (unpaired) electrons. The van der Waals surface area contributed by atoms with Gasteiger partial charge in [0.15, 0.2) is 0 Å². The van der Waals surface area contributed by atoms with Crippen molar-refractivity contribution in [3.05, 3.63) is 163 Å². The lowest BCUT2D eigenvalue weighted by atomic mass is 9.85. The first-order chi connectivity index (χ1) is 23.3. The first-order valence-electron chi connectivity index (χ1n) is 16.5. The first kappa shape index (κ1) is 26.3. The molecule has 0 amide bonds. The minimum atomic E-state index is 0.946. The largest absolute Gasteiger partial charge is 0.456 e. The molecule has 47 heavy (non-hydrogen) atoms. The van der Waals surface area contributed by atoms with Gasteiger partial charge in [0.2, 0.25) is 0 Å². The summed E-state index contributed by atoms with van der Waals surface area (Å²) in [6.07, 6.45) is 6.65. The Morgan fingerprint density at radius 2 is 1.06 bits per heavy atom. The van der Waals surface area contributed by atoms with Gasteiger partial charge in [0.25, 0.3) is 0 Å². The first-order valence-corrected chi connectivity index (χ1v) is 16.5. The average molecular weight is 599 g/mol. The predicted octanol–water partition coefficient (Wildman–Crippen LogP) is 13.0. The van der Waals surface area contributed by atoms with Gasteiger partial charge in [-0.15, -0.1) is 0 Å². The van der Waals surface area contributed by atoms with Crippen LogP contribution in [0.25, 0.3) is 93.7 Å². The Morgan fingerprint density at radius 3 is 1.83 bits per heavy atom.